The molecule has 1 N–H and O–H groups in total. The fourth-order valence-electron chi connectivity index (χ4n) is 1.81. The summed E-state index contributed by atoms with van der Waals surface area (Å²) in [6.07, 6.45) is 0.807. The van der Waals surface area contributed by atoms with E-state index < -0.39 is 0 Å². The third-order valence-corrected chi connectivity index (χ3v) is 3.23. The van der Waals surface area contributed by atoms with Crippen LogP contribution in [0.2, 0.25) is 0 Å². The molecule has 0 amide bonds. The molecule has 0 atom stereocenters. The molecule has 0 bridgehead atoms. The van der Waals surface area contributed by atoms with E-state index in [1.807, 2.05) is 24.3 Å². The van der Waals surface area contributed by atoms with Crippen molar-refractivity contribution in [2.45, 2.75) is 20.3 Å². The lowest BCUT2D eigenvalue weighted by atomic mass is 10.1. The van der Waals surface area contributed by atoms with Crippen molar-refractivity contribution in [2.24, 2.45) is 5.92 Å². The summed E-state index contributed by atoms with van der Waals surface area (Å²) >= 11 is 3.47. The predicted molar refractivity (Wildman–Crippen MR) is 76.5 cm³/mol. The Morgan fingerprint density at radius 2 is 2.06 bits per heavy atom. The van der Waals surface area contributed by atoms with Gasteiger partial charge in [0.2, 0.25) is 0 Å². The molecular weight excluding hydrogens is 292 g/mol. The van der Waals surface area contributed by atoms with Crippen LogP contribution in [0.1, 0.15) is 19.5 Å². The van der Waals surface area contributed by atoms with Gasteiger partial charge in [-0.05, 0) is 18.4 Å². The number of nitrogens with zero attached hydrogens (tertiary/aromatic N) is 1. The van der Waals surface area contributed by atoms with Gasteiger partial charge in [0.15, 0.2) is 0 Å². The fraction of sp³-hybridized carbons (Fsp3) is 0.286. The number of aromatic nitrogens is 2. The number of rotatable bonds is 3. The van der Waals surface area contributed by atoms with E-state index in [1.54, 1.807) is 6.07 Å². The molecule has 0 saturated heterocycles. The van der Waals surface area contributed by atoms with Gasteiger partial charge in [-0.3, -0.25) is 4.79 Å². The first-order chi connectivity index (χ1) is 8.56. The number of benzene rings is 1. The second-order valence-corrected chi connectivity index (χ2v) is 5.52. The Balaban J connectivity index is 2.49. The zero-order valence-corrected chi connectivity index (χ0v) is 12.0. The van der Waals surface area contributed by atoms with E-state index in [4.69, 9.17) is 0 Å². The molecule has 0 aliphatic heterocycles. The molecule has 2 aromatic rings. The average molecular weight is 307 g/mol. The minimum atomic E-state index is -0.105. The topological polar surface area (TPSA) is 45.8 Å². The summed E-state index contributed by atoms with van der Waals surface area (Å²) in [7, 11) is 0. The largest absolute Gasteiger partial charge is 0.306 e. The van der Waals surface area contributed by atoms with Gasteiger partial charge in [0, 0.05) is 21.8 Å². The number of H-pyrrole nitrogens is 1. The summed E-state index contributed by atoms with van der Waals surface area (Å²) in [6.45, 7) is 4.22. The molecule has 18 heavy (non-hydrogen) atoms. The van der Waals surface area contributed by atoms with Gasteiger partial charge in [-0.25, -0.2) is 4.98 Å². The minimum absolute atomic E-state index is 0.105. The molecule has 3 nitrogen and oxygen atoms in total. The monoisotopic (exact) mass is 306 g/mol. The maximum absolute atomic E-state index is 11.7. The Labute approximate surface area is 114 Å². The Kier molecular flexibility index (Phi) is 3.97. The summed E-state index contributed by atoms with van der Waals surface area (Å²) in [4.78, 5) is 19.0. The standard InChI is InChI=1S/C14H15BrN2O/c1-9(2)7-10-8-13(18)17-14(16-10)11-5-3-4-6-12(11)15/h3-6,8-9H,7H2,1-2H3,(H,16,17,18). The molecule has 0 aliphatic rings. The van der Waals surface area contributed by atoms with E-state index in [0.717, 1.165) is 22.2 Å². The number of aromatic amines is 1. The van der Waals surface area contributed by atoms with Crippen LogP contribution in [0.15, 0.2) is 39.6 Å². The van der Waals surface area contributed by atoms with Crippen LogP contribution in [0.4, 0.5) is 0 Å². The summed E-state index contributed by atoms with van der Waals surface area (Å²) in [5.74, 6) is 1.09. The second kappa shape index (κ2) is 5.48. The normalized spacial score (nSPS) is 10.9. The molecule has 0 unspecified atom stereocenters. The van der Waals surface area contributed by atoms with Gasteiger partial charge >= 0.3 is 0 Å². The van der Waals surface area contributed by atoms with Gasteiger partial charge in [0.05, 0.1) is 0 Å². The zero-order valence-electron chi connectivity index (χ0n) is 10.4. The summed E-state index contributed by atoms with van der Waals surface area (Å²) in [5, 5.41) is 0. The number of halogens is 1. The van der Waals surface area contributed by atoms with Crippen LogP contribution in [-0.2, 0) is 6.42 Å². The smallest absolute Gasteiger partial charge is 0.251 e. The van der Waals surface area contributed by atoms with Crippen molar-refractivity contribution in [3.8, 4) is 11.4 Å². The third kappa shape index (κ3) is 3.07. The van der Waals surface area contributed by atoms with Gasteiger partial charge in [-0.15, -0.1) is 0 Å². The highest BCUT2D eigenvalue weighted by atomic mass is 79.9. The Bertz CT molecular complexity index is 605. The van der Waals surface area contributed by atoms with Crippen molar-refractivity contribution in [1.82, 2.24) is 9.97 Å². The van der Waals surface area contributed by atoms with E-state index in [-0.39, 0.29) is 5.56 Å². The molecule has 94 valence electrons. The van der Waals surface area contributed by atoms with Crippen LogP contribution in [0.25, 0.3) is 11.4 Å². The van der Waals surface area contributed by atoms with Crippen molar-refractivity contribution in [3.63, 3.8) is 0 Å². The molecule has 0 radical (unpaired) electrons. The molecule has 0 aliphatic carbocycles. The van der Waals surface area contributed by atoms with Crippen LogP contribution >= 0.6 is 15.9 Å². The number of hydrogen-bond donors (Lipinski definition) is 1. The van der Waals surface area contributed by atoms with Crippen molar-refractivity contribution < 1.29 is 0 Å². The molecule has 1 aromatic heterocycles. The maximum atomic E-state index is 11.7. The van der Waals surface area contributed by atoms with E-state index in [0.29, 0.717) is 11.7 Å². The van der Waals surface area contributed by atoms with Crippen LogP contribution in [0, 0.1) is 5.92 Å². The van der Waals surface area contributed by atoms with E-state index in [1.165, 1.54) is 0 Å². The first kappa shape index (κ1) is 13.0. The predicted octanol–water partition coefficient (Wildman–Crippen LogP) is 3.40. The summed E-state index contributed by atoms with van der Waals surface area (Å²) in [5.41, 5.74) is 1.63. The Morgan fingerprint density at radius 3 is 2.72 bits per heavy atom. The maximum Gasteiger partial charge on any atom is 0.251 e. The molecule has 2 rings (SSSR count). The van der Waals surface area contributed by atoms with Crippen LogP contribution in [0.3, 0.4) is 0 Å². The highest BCUT2D eigenvalue weighted by Gasteiger charge is 2.08. The van der Waals surface area contributed by atoms with E-state index in [2.05, 4.69) is 39.7 Å². The quantitative estimate of drug-likeness (QED) is 0.944. The summed E-state index contributed by atoms with van der Waals surface area (Å²) in [6, 6.07) is 9.30. The van der Waals surface area contributed by atoms with Crippen LogP contribution in [0.5, 0.6) is 0 Å². The Morgan fingerprint density at radius 1 is 1.33 bits per heavy atom. The van der Waals surface area contributed by atoms with Crippen molar-refractivity contribution in [3.05, 3.63) is 50.9 Å². The molecule has 4 heteroatoms. The van der Waals surface area contributed by atoms with Crippen LogP contribution < -0.4 is 5.56 Å². The van der Waals surface area contributed by atoms with Gasteiger partial charge in [-0.2, -0.15) is 0 Å². The minimum Gasteiger partial charge on any atom is -0.306 e. The van der Waals surface area contributed by atoms with Gasteiger partial charge < -0.3 is 4.98 Å². The highest BCUT2D eigenvalue weighted by molar-refractivity contribution is 9.10. The van der Waals surface area contributed by atoms with Crippen molar-refractivity contribution in [1.29, 1.82) is 0 Å². The van der Waals surface area contributed by atoms with Crippen molar-refractivity contribution in [2.75, 3.05) is 0 Å². The molecule has 0 fully saturated rings. The first-order valence-electron chi connectivity index (χ1n) is 5.91. The number of nitrogens with one attached hydrogen (secondary N) is 1. The van der Waals surface area contributed by atoms with Gasteiger partial charge in [0.1, 0.15) is 5.82 Å². The average Bonchev–Trinajstić information content (AvgIpc) is 2.27. The molecule has 1 aromatic carbocycles. The lowest BCUT2D eigenvalue weighted by Crippen LogP contribution is -2.12. The Hall–Kier alpha value is -1.42. The lowest BCUT2D eigenvalue weighted by molar-refractivity contribution is 0.634. The van der Waals surface area contributed by atoms with Gasteiger partial charge in [0.25, 0.3) is 5.56 Å². The van der Waals surface area contributed by atoms with E-state index >= 15 is 0 Å². The molecule has 1 heterocycles. The molecule has 0 saturated carbocycles. The van der Waals surface area contributed by atoms with Crippen LogP contribution in [-0.4, -0.2) is 9.97 Å². The SMILES string of the molecule is CC(C)Cc1cc(=O)[nH]c(-c2ccccc2Br)n1. The zero-order chi connectivity index (χ0) is 13.1. The summed E-state index contributed by atoms with van der Waals surface area (Å²) < 4.78 is 0.926. The fourth-order valence-corrected chi connectivity index (χ4v) is 2.28. The highest BCUT2D eigenvalue weighted by Crippen LogP contribution is 2.24. The first-order valence-corrected chi connectivity index (χ1v) is 6.70. The lowest BCUT2D eigenvalue weighted by Gasteiger charge is -2.07. The number of hydrogen-bond acceptors (Lipinski definition) is 2. The van der Waals surface area contributed by atoms with Crippen molar-refractivity contribution >= 4 is 15.9 Å². The molecular formula is C14H15BrN2O. The third-order valence-electron chi connectivity index (χ3n) is 2.54. The second-order valence-electron chi connectivity index (χ2n) is 4.66. The molecule has 0 spiro atoms. The van der Waals surface area contributed by atoms with Gasteiger partial charge in [-0.1, -0.05) is 48.0 Å². The van der Waals surface area contributed by atoms with E-state index in [9.17, 15) is 4.79 Å².